The molecule has 0 bridgehead atoms. The maximum absolute atomic E-state index is 10.6. The number of nitrogens with two attached hydrogens (primary N) is 1. The van der Waals surface area contributed by atoms with Crippen molar-refractivity contribution in [2.45, 2.75) is 6.92 Å². The van der Waals surface area contributed by atoms with Crippen LogP contribution < -0.4 is 16.4 Å². The molecule has 17 heavy (non-hydrogen) atoms. The molecular formula is C11H17IN4O. The average molecular weight is 348 g/mol. The third-order valence-corrected chi connectivity index (χ3v) is 1.81. The van der Waals surface area contributed by atoms with E-state index >= 15 is 0 Å². The number of aliphatic imine (C=N–C) groups is 1. The van der Waals surface area contributed by atoms with Gasteiger partial charge in [0.15, 0.2) is 5.96 Å². The van der Waals surface area contributed by atoms with Gasteiger partial charge in [0.25, 0.3) is 0 Å². The van der Waals surface area contributed by atoms with Crippen LogP contribution in [-0.2, 0) is 4.79 Å². The van der Waals surface area contributed by atoms with Gasteiger partial charge < -0.3 is 16.4 Å². The molecular weight excluding hydrogens is 331 g/mol. The first-order valence-electron chi connectivity index (χ1n) is 5.05. The molecule has 0 fully saturated rings. The predicted octanol–water partition coefficient (Wildman–Crippen LogP) is 1.17. The fourth-order valence-electron chi connectivity index (χ4n) is 1.12. The molecule has 0 aliphatic heterocycles. The molecule has 0 aliphatic carbocycles. The van der Waals surface area contributed by atoms with Crippen LogP contribution in [0, 0.1) is 0 Å². The van der Waals surface area contributed by atoms with Crippen molar-refractivity contribution in [3.8, 4) is 0 Å². The second-order valence-electron chi connectivity index (χ2n) is 3.24. The molecule has 0 unspecified atom stereocenters. The van der Waals surface area contributed by atoms with Crippen molar-refractivity contribution in [3.05, 3.63) is 30.3 Å². The number of nitrogens with one attached hydrogen (secondary N) is 2. The molecule has 0 saturated heterocycles. The van der Waals surface area contributed by atoms with E-state index in [-0.39, 0.29) is 29.9 Å². The molecule has 0 aliphatic rings. The van der Waals surface area contributed by atoms with E-state index in [9.17, 15) is 4.79 Å². The second kappa shape index (κ2) is 8.80. The number of hydrogen-bond donors (Lipinski definition) is 3. The van der Waals surface area contributed by atoms with Crippen LogP contribution in [0.3, 0.4) is 0 Å². The normalized spacial score (nSPS) is 10.3. The van der Waals surface area contributed by atoms with Crippen LogP contribution >= 0.6 is 24.0 Å². The Labute approximate surface area is 118 Å². The Kier molecular flexibility index (Phi) is 8.12. The summed E-state index contributed by atoms with van der Waals surface area (Å²) in [5.74, 6) is 0.279. The molecule has 94 valence electrons. The number of guanidine groups is 1. The maximum Gasteiger partial charge on any atom is 0.216 e. The van der Waals surface area contributed by atoms with Crippen molar-refractivity contribution in [2.75, 3.05) is 18.4 Å². The molecule has 0 saturated carbocycles. The minimum absolute atomic E-state index is 0. The summed E-state index contributed by atoms with van der Waals surface area (Å²) in [5, 5.41) is 5.58. The third kappa shape index (κ3) is 7.56. The Morgan fingerprint density at radius 1 is 1.35 bits per heavy atom. The Morgan fingerprint density at radius 2 is 2.00 bits per heavy atom. The number of carbonyl (C=O) groups is 1. The summed E-state index contributed by atoms with van der Waals surface area (Å²) in [5.41, 5.74) is 6.54. The lowest BCUT2D eigenvalue weighted by atomic mass is 10.3. The standard InChI is InChI=1S/C11H16N4O.HI/c1-9(16)13-7-8-14-11(12)15-10-5-3-2-4-6-10;/h2-6H,7-8H2,1H3,(H,13,16)(H3,12,14,15);1H. The lowest BCUT2D eigenvalue weighted by Gasteiger charge is -2.05. The number of nitrogens with zero attached hydrogens (tertiary/aromatic N) is 1. The zero-order valence-corrected chi connectivity index (χ0v) is 12.0. The largest absolute Gasteiger partial charge is 0.370 e. The van der Waals surface area contributed by atoms with E-state index in [2.05, 4.69) is 15.6 Å². The number of para-hydroxylation sites is 1. The van der Waals surface area contributed by atoms with Crippen LogP contribution in [0.25, 0.3) is 0 Å². The Hall–Kier alpha value is -1.31. The van der Waals surface area contributed by atoms with E-state index in [0.717, 1.165) is 5.69 Å². The maximum atomic E-state index is 10.6. The van der Waals surface area contributed by atoms with Gasteiger partial charge in [-0.15, -0.1) is 24.0 Å². The fraction of sp³-hybridized carbons (Fsp3) is 0.273. The van der Waals surface area contributed by atoms with Crippen molar-refractivity contribution in [2.24, 2.45) is 10.7 Å². The van der Waals surface area contributed by atoms with Gasteiger partial charge in [-0.1, -0.05) is 18.2 Å². The quantitative estimate of drug-likeness (QED) is 0.331. The van der Waals surface area contributed by atoms with Crippen molar-refractivity contribution in [1.82, 2.24) is 5.32 Å². The van der Waals surface area contributed by atoms with Gasteiger partial charge in [-0.05, 0) is 12.1 Å². The number of benzene rings is 1. The molecule has 0 radical (unpaired) electrons. The lowest BCUT2D eigenvalue weighted by Crippen LogP contribution is -2.26. The molecule has 1 aromatic rings. The van der Waals surface area contributed by atoms with Gasteiger partial charge in [0.2, 0.25) is 5.91 Å². The zero-order chi connectivity index (χ0) is 11.8. The molecule has 1 amide bonds. The Bertz CT molecular complexity index is 367. The minimum atomic E-state index is -0.0650. The summed E-state index contributed by atoms with van der Waals surface area (Å²) in [4.78, 5) is 14.6. The number of halogens is 1. The summed E-state index contributed by atoms with van der Waals surface area (Å²) in [6.45, 7) is 2.42. The summed E-state index contributed by atoms with van der Waals surface area (Å²) in [7, 11) is 0. The second-order valence-corrected chi connectivity index (χ2v) is 3.24. The van der Waals surface area contributed by atoms with Crippen LogP contribution in [-0.4, -0.2) is 25.0 Å². The summed E-state index contributed by atoms with van der Waals surface area (Å²) in [6.07, 6.45) is 0. The van der Waals surface area contributed by atoms with Crippen LogP contribution in [0.4, 0.5) is 5.69 Å². The highest BCUT2D eigenvalue weighted by Crippen LogP contribution is 2.03. The highest BCUT2D eigenvalue weighted by Gasteiger charge is 1.93. The van der Waals surface area contributed by atoms with Crippen LogP contribution in [0.2, 0.25) is 0 Å². The molecule has 0 spiro atoms. The number of hydrogen-bond acceptors (Lipinski definition) is 2. The molecule has 0 heterocycles. The van der Waals surface area contributed by atoms with Gasteiger partial charge in [-0.2, -0.15) is 0 Å². The summed E-state index contributed by atoms with van der Waals surface area (Å²) < 4.78 is 0. The van der Waals surface area contributed by atoms with E-state index in [1.165, 1.54) is 6.92 Å². The van der Waals surface area contributed by atoms with Gasteiger partial charge in [0.05, 0.1) is 6.54 Å². The van der Waals surface area contributed by atoms with E-state index in [0.29, 0.717) is 19.0 Å². The molecule has 0 aromatic heterocycles. The van der Waals surface area contributed by atoms with Crippen LogP contribution in [0.15, 0.2) is 35.3 Å². The molecule has 1 aromatic carbocycles. The minimum Gasteiger partial charge on any atom is -0.370 e. The van der Waals surface area contributed by atoms with Crippen molar-refractivity contribution in [3.63, 3.8) is 0 Å². The summed E-state index contributed by atoms with van der Waals surface area (Å²) >= 11 is 0. The van der Waals surface area contributed by atoms with E-state index in [1.54, 1.807) is 0 Å². The number of amides is 1. The predicted molar refractivity (Wildman–Crippen MR) is 80.7 cm³/mol. The van der Waals surface area contributed by atoms with E-state index < -0.39 is 0 Å². The van der Waals surface area contributed by atoms with Gasteiger partial charge in [-0.25, -0.2) is 0 Å². The molecule has 6 heteroatoms. The third-order valence-electron chi connectivity index (χ3n) is 1.81. The van der Waals surface area contributed by atoms with E-state index in [4.69, 9.17) is 5.73 Å². The highest BCUT2D eigenvalue weighted by molar-refractivity contribution is 14.0. The molecule has 4 N–H and O–H groups in total. The van der Waals surface area contributed by atoms with Crippen LogP contribution in [0.5, 0.6) is 0 Å². The molecule has 1 rings (SSSR count). The smallest absolute Gasteiger partial charge is 0.216 e. The van der Waals surface area contributed by atoms with E-state index in [1.807, 2.05) is 30.3 Å². The zero-order valence-electron chi connectivity index (χ0n) is 9.64. The molecule has 5 nitrogen and oxygen atoms in total. The topological polar surface area (TPSA) is 79.5 Å². The monoisotopic (exact) mass is 348 g/mol. The number of rotatable bonds is 4. The first-order chi connectivity index (χ1) is 7.68. The van der Waals surface area contributed by atoms with Gasteiger partial charge in [0, 0.05) is 19.2 Å². The van der Waals surface area contributed by atoms with Crippen molar-refractivity contribution >= 4 is 41.5 Å². The lowest BCUT2D eigenvalue weighted by molar-refractivity contribution is -0.118. The highest BCUT2D eigenvalue weighted by atomic mass is 127. The van der Waals surface area contributed by atoms with Gasteiger partial charge in [0.1, 0.15) is 0 Å². The fourth-order valence-corrected chi connectivity index (χ4v) is 1.12. The summed E-state index contributed by atoms with van der Waals surface area (Å²) in [6, 6.07) is 9.54. The first kappa shape index (κ1) is 15.7. The number of anilines is 1. The molecule has 0 atom stereocenters. The van der Waals surface area contributed by atoms with Crippen molar-refractivity contribution in [1.29, 1.82) is 0 Å². The SMILES string of the molecule is CC(=O)NCCN=C(N)Nc1ccccc1.I. The Balaban J connectivity index is 0.00000256. The van der Waals surface area contributed by atoms with Crippen LogP contribution in [0.1, 0.15) is 6.92 Å². The first-order valence-corrected chi connectivity index (χ1v) is 5.05. The van der Waals surface area contributed by atoms with Gasteiger partial charge >= 0.3 is 0 Å². The number of carbonyl (C=O) groups excluding carboxylic acids is 1. The average Bonchev–Trinajstić information content (AvgIpc) is 2.25. The van der Waals surface area contributed by atoms with Crippen molar-refractivity contribution < 1.29 is 4.79 Å². The van der Waals surface area contributed by atoms with Gasteiger partial charge in [-0.3, -0.25) is 9.79 Å². The Morgan fingerprint density at radius 3 is 2.59 bits per heavy atom.